The standard InChI is InChI=1S/C13H17N2O/c1-14-7-8-15(2,11-14)9-12-3-5-13(10-16)6-4-12/h3-8,10H,9,11H2,1-2H3/q+1. The summed E-state index contributed by atoms with van der Waals surface area (Å²) in [5, 5.41) is 0. The Morgan fingerprint density at radius 1 is 1.38 bits per heavy atom. The molecule has 0 aliphatic carbocycles. The number of hydrogen-bond acceptors (Lipinski definition) is 2. The summed E-state index contributed by atoms with van der Waals surface area (Å²) in [6.45, 7) is 1.95. The number of aldehydes is 1. The zero-order valence-electron chi connectivity index (χ0n) is 9.76. The fraction of sp³-hybridized carbons (Fsp3) is 0.308. The summed E-state index contributed by atoms with van der Waals surface area (Å²) in [7, 11) is 4.28. The van der Waals surface area contributed by atoms with Gasteiger partial charge in [-0.15, -0.1) is 0 Å². The van der Waals surface area contributed by atoms with Gasteiger partial charge in [0.1, 0.15) is 19.0 Å². The lowest BCUT2D eigenvalue weighted by Crippen LogP contribution is -2.39. The van der Waals surface area contributed by atoms with E-state index >= 15 is 0 Å². The summed E-state index contributed by atoms with van der Waals surface area (Å²) in [4.78, 5) is 12.7. The normalized spacial score (nSPS) is 23.8. The quantitative estimate of drug-likeness (QED) is 0.568. The minimum Gasteiger partial charge on any atom is -0.329 e. The fourth-order valence-electron chi connectivity index (χ4n) is 2.10. The number of carbonyl (C=O) groups excluding carboxylic acids is 1. The van der Waals surface area contributed by atoms with Crippen LogP contribution in [0.25, 0.3) is 0 Å². The zero-order chi connectivity index (χ0) is 11.6. The van der Waals surface area contributed by atoms with Crippen molar-refractivity contribution in [3.05, 3.63) is 47.8 Å². The molecule has 84 valence electrons. The van der Waals surface area contributed by atoms with Gasteiger partial charge < -0.3 is 4.90 Å². The molecule has 1 aliphatic rings. The Labute approximate surface area is 96.2 Å². The molecule has 0 spiro atoms. The van der Waals surface area contributed by atoms with Crippen LogP contribution in [0, 0.1) is 0 Å². The van der Waals surface area contributed by atoms with E-state index in [-0.39, 0.29) is 0 Å². The summed E-state index contributed by atoms with van der Waals surface area (Å²) in [5.74, 6) is 0. The van der Waals surface area contributed by atoms with Crippen LogP contribution in [0.1, 0.15) is 15.9 Å². The Bertz CT molecular complexity index is 410. The van der Waals surface area contributed by atoms with Crippen LogP contribution in [0.15, 0.2) is 36.7 Å². The molecule has 0 amide bonds. The van der Waals surface area contributed by atoms with E-state index in [0.717, 1.165) is 29.5 Å². The van der Waals surface area contributed by atoms with Crippen LogP contribution < -0.4 is 0 Å². The van der Waals surface area contributed by atoms with E-state index in [2.05, 4.69) is 31.4 Å². The average molecular weight is 217 g/mol. The van der Waals surface area contributed by atoms with Crippen LogP contribution in [0.3, 0.4) is 0 Å². The molecule has 16 heavy (non-hydrogen) atoms. The first-order valence-corrected chi connectivity index (χ1v) is 5.39. The second kappa shape index (κ2) is 4.10. The van der Waals surface area contributed by atoms with E-state index in [4.69, 9.17) is 0 Å². The largest absolute Gasteiger partial charge is 0.329 e. The van der Waals surface area contributed by atoms with Gasteiger partial charge in [0.25, 0.3) is 0 Å². The van der Waals surface area contributed by atoms with Crippen LogP contribution in [0.2, 0.25) is 0 Å². The Balaban J connectivity index is 2.09. The molecule has 3 nitrogen and oxygen atoms in total. The van der Waals surface area contributed by atoms with Crippen molar-refractivity contribution < 1.29 is 9.28 Å². The molecule has 0 bridgehead atoms. The Morgan fingerprint density at radius 3 is 2.56 bits per heavy atom. The molecule has 1 heterocycles. The Kier molecular flexibility index (Phi) is 2.79. The zero-order valence-corrected chi connectivity index (χ0v) is 9.76. The lowest BCUT2D eigenvalue weighted by molar-refractivity contribution is -0.874. The first kappa shape index (κ1) is 10.9. The van der Waals surface area contributed by atoms with Crippen molar-refractivity contribution in [2.24, 2.45) is 0 Å². The van der Waals surface area contributed by atoms with E-state index in [1.807, 2.05) is 24.3 Å². The van der Waals surface area contributed by atoms with Gasteiger partial charge in [-0.25, -0.2) is 0 Å². The van der Waals surface area contributed by atoms with Gasteiger partial charge in [0.2, 0.25) is 0 Å². The minimum atomic E-state index is 0.737. The Morgan fingerprint density at radius 2 is 2.06 bits per heavy atom. The minimum absolute atomic E-state index is 0.737. The summed E-state index contributed by atoms with van der Waals surface area (Å²) >= 11 is 0. The Hall–Kier alpha value is -1.61. The van der Waals surface area contributed by atoms with Gasteiger partial charge in [-0.1, -0.05) is 24.3 Å². The third-order valence-electron chi connectivity index (χ3n) is 2.89. The maximum Gasteiger partial charge on any atom is 0.158 e. The van der Waals surface area contributed by atoms with Crippen molar-refractivity contribution in [3.8, 4) is 0 Å². The molecule has 0 saturated heterocycles. The van der Waals surface area contributed by atoms with Gasteiger partial charge in [-0.05, 0) is 0 Å². The van der Waals surface area contributed by atoms with Crippen LogP contribution in [0.5, 0.6) is 0 Å². The van der Waals surface area contributed by atoms with Crippen molar-refractivity contribution in [1.82, 2.24) is 4.90 Å². The molecule has 1 aliphatic heterocycles. The highest BCUT2D eigenvalue weighted by Crippen LogP contribution is 2.18. The average Bonchev–Trinajstić information content (AvgIpc) is 2.59. The fourth-order valence-corrected chi connectivity index (χ4v) is 2.10. The molecule has 0 saturated carbocycles. The van der Waals surface area contributed by atoms with E-state index in [1.54, 1.807) is 0 Å². The second-order valence-corrected chi connectivity index (χ2v) is 4.69. The monoisotopic (exact) mass is 217 g/mol. The second-order valence-electron chi connectivity index (χ2n) is 4.69. The molecule has 0 fully saturated rings. The molecule has 1 aromatic rings. The number of hydrogen-bond donors (Lipinski definition) is 0. The molecule has 1 atom stereocenters. The van der Waals surface area contributed by atoms with Crippen molar-refractivity contribution in [2.45, 2.75) is 6.54 Å². The van der Waals surface area contributed by atoms with Gasteiger partial charge in [0.05, 0.1) is 13.2 Å². The first-order valence-electron chi connectivity index (χ1n) is 5.39. The molecule has 2 rings (SSSR count). The van der Waals surface area contributed by atoms with Crippen molar-refractivity contribution in [2.75, 3.05) is 20.8 Å². The van der Waals surface area contributed by atoms with E-state index in [1.165, 1.54) is 5.56 Å². The molecule has 1 aromatic carbocycles. The van der Waals surface area contributed by atoms with Gasteiger partial charge in [-0.2, -0.15) is 0 Å². The highest BCUT2D eigenvalue weighted by molar-refractivity contribution is 5.74. The summed E-state index contributed by atoms with van der Waals surface area (Å²) < 4.78 is 0.886. The molecular weight excluding hydrogens is 200 g/mol. The predicted molar refractivity (Wildman–Crippen MR) is 63.5 cm³/mol. The SMILES string of the molecule is CN1C=C[N+](C)(Cc2ccc(C=O)cc2)C1. The predicted octanol–water partition coefficient (Wildman–Crippen LogP) is 1.82. The molecule has 0 N–H and O–H groups in total. The summed E-state index contributed by atoms with van der Waals surface area (Å²) in [6.07, 6.45) is 5.19. The smallest absolute Gasteiger partial charge is 0.158 e. The van der Waals surface area contributed by atoms with E-state index < -0.39 is 0 Å². The van der Waals surface area contributed by atoms with E-state index in [0.29, 0.717) is 0 Å². The third kappa shape index (κ3) is 2.31. The lowest BCUT2D eigenvalue weighted by Gasteiger charge is -2.27. The topological polar surface area (TPSA) is 20.3 Å². The number of benzene rings is 1. The van der Waals surface area contributed by atoms with Crippen LogP contribution >= 0.6 is 0 Å². The maximum absolute atomic E-state index is 10.5. The molecule has 0 aromatic heterocycles. The molecular formula is C13H17N2O+. The number of carbonyl (C=O) groups is 1. The van der Waals surface area contributed by atoms with Crippen molar-refractivity contribution in [1.29, 1.82) is 0 Å². The maximum atomic E-state index is 10.5. The lowest BCUT2D eigenvalue weighted by atomic mass is 10.1. The number of rotatable bonds is 3. The first-order chi connectivity index (χ1) is 7.61. The van der Waals surface area contributed by atoms with Gasteiger partial charge in [0, 0.05) is 18.2 Å². The third-order valence-corrected chi connectivity index (χ3v) is 2.89. The molecule has 3 heteroatoms. The summed E-state index contributed by atoms with van der Waals surface area (Å²) in [6, 6.07) is 7.80. The number of quaternary nitrogens is 1. The van der Waals surface area contributed by atoms with Crippen molar-refractivity contribution >= 4 is 6.29 Å². The van der Waals surface area contributed by atoms with Gasteiger partial charge in [-0.3, -0.25) is 9.28 Å². The van der Waals surface area contributed by atoms with Gasteiger partial charge >= 0.3 is 0 Å². The summed E-state index contributed by atoms with van der Waals surface area (Å²) in [5.41, 5.74) is 1.99. The molecule has 0 radical (unpaired) electrons. The van der Waals surface area contributed by atoms with Crippen LogP contribution in [-0.2, 0) is 6.54 Å². The van der Waals surface area contributed by atoms with Crippen LogP contribution in [-0.4, -0.2) is 36.4 Å². The van der Waals surface area contributed by atoms with Crippen molar-refractivity contribution in [3.63, 3.8) is 0 Å². The van der Waals surface area contributed by atoms with Crippen LogP contribution in [0.4, 0.5) is 0 Å². The highest BCUT2D eigenvalue weighted by atomic mass is 16.1. The highest BCUT2D eigenvalue weighted by Gasteiger charge is 2.25. The molecule has 1 unspecified atom stereocenters. The van der Waals surface area contributed by atoms with Gasteiger partial charge in [0.15, 0.2) is 6.67 Å². The van der Waals surface area contributed by atoms with E-state index in [9.17, 15) is 4.79 Å². The number of nitrogens with zero attached hydrogens (tertiary/aromatic N) is 2.